The van der Waals surface area contributed by atoms with Crippen LogP contribution in [0.1, 0.15) is 51.2 Å². The van der Waals surface area contributed by atoms with Crippen molar-refractivity contribution in [2.24, 2.45) is 5.92 Å². The molecule has 2 aromatic rings. The highest BCUT2D eigenvalue weighted by Crippen LogP contribution is 2.42. The van der Waals surface area contributed by atoms with E-state index in [9.17, 15) is 15.0 Å². The van der Waals surface area contributed by atoms with E-state index in [-0.39, 0.29) is 28.8 Å². The third-order valence-electron chi connectivity index (χ3n) is 5.77. The van der Waals surface area contributed by atoms with E-state index >= 15 is 0 Å². The van der Waals surface area contributed by atoms with Crippen LogP contribution in [0, 0.1) is 5.92 Å². The maximum atomic E-state index is 11.7. The van der Waals surface area contributed by atoms with Crippen molar-refractivity contribution in [3.8, 4) is 11.5 Å². The van der Waals surface area contributed by atoms with Crippen molar-refractivity contribution in [3.05, 3.63) is 59.7 Å². The van der Waals surface area contributed by atoms with Gasteiger partial charge in [0.2, 0.25) is 0 Å². The molecule has 0 radical (unpaired) electrons. The summed E-state index contributed by atoms with van der Waals surface area (Å²) in [5.74, 6) is 0.509. The number of aromatic hydroxyl groups is 2. The minimum Gasteiger partial charge on any atom is -0.508 e. The largest absolute Gasteiger partial charge is 0.508 e. The number of ether oxygens (including phenoxy) is 1. The van der Waals surface area contributed by atoms with Gasteiger partial charge in [-0.3, -0.25) is 4.79 Å². The van der Waals surface area contributed by atoms with Gasteiger partial charge in [-0.25, -0.2) is 0 Å². The Kier molecular flexibility index (Phi) is 4.70. The fraction of sp³-hybridized carbons (Fsp3) is 0.409. The fourth-order valence-corrected chi connectivity index (χ4v) is 3.89. The zero-order chi connectivity index (χ0) is 18.9. The van der Waals surface area contributed by atoms with Gasteiger partial charge in [0.05, 0.1) is 6.42 Å². The number of hydrogen-bond acceptors (Lipinski definition) is 4. The van der Waals surface area contributed by atoms with Crippen molar-refractivity contribution in [1.82, 2.24) is 0 Å². The lowest BCUT2D eigenvalue weighted by molar-refractivity contribution is -0.146. The van der Waals surface area contributed by atoms with Crippen LogP contribution in [0.2, 0.25) is 0 Å². The summed E-state index contributed by atoms with van der Waals surface area (Å²) in [7, 11) is 0. The molecule has 0 amide bonds. The second kappa shape index (κ2) is 6.67. The van der Waals surface area contributed by atoms with Gasteiger partial charge in [0.1, 0.15) is 17.1 Å². The molecule has 0 spiro atoms. The van der Waals surface area contributed by atoms with Crippen LogP contribution in [0.3, 0.4) is 0 Å². The van der Waals surface area contributed by atoms with E-state index in [1.165, 1.54) is 0 Å². The van der Waals surface area contributed by atoms with Gasteiger partial charge in [0.15, 0.2) is 0 Å². The Hall–Kier alpha value is -2.49. The molecule has 3 rings (SSSR count). The highest BCUT2D eigenvalue weighted by molar-refractivity contribution is 5.72. The molecule has 0 aromatic heterocycles. The average Bonchev–Trinajstić information content (AvgIpc) is 2.85. The molecule has 2 aromatic carbocycles. The molecule has 1 aliphatic rings. The Labute approximate surface area is 154 Å². The van der Waals surface area contributed by atoms with E-state index in [0.717, 1.165) is 24.0 Å². The van der Waals surface area contributed by atoms with Gasteiger partial charge in [0, 0.05) is 11.3 Å². The van der Waals surface area contributed by atoms with Gasteiger partial charge in [0.25, 0.3) is 0 Å². The third kappa shape index (κ3) is 3.55. The number of carbonyl (C=O) groups is 1. The summed E-state index contributed by atoms with van der Waals surface area (Å²) in [6.07, 6.45) is 2.12. The Morgan fingerprint density at radius 1 is 1.00 bits per heavy atom. The van der Waals surface area contributed by atoms with Gasteiger partial charge in [-0.05, 0) is 62.1 Å². The van der Waals surface area contributed by atoms with Crippen LogP contribution >= 0.6 is 0 Å². The average molecular weight is 354 g/mol. The lowest BCUT2D eigenvalue weighted by Gasteiger charge is -2.34. The minimum atomic E-state index is -0.443. The van der Waals surface area contributed by atoms with E-state index in [1.807, 2.05) is 38.1 Å². The molecule has 1 aliphatic heterocycles. The van der Waals surface area contributed by atoms with Crippen LogP contribution in [-0.4, -0.2) is 21.8 Å². The summed E-state index contributed by atoms with van der Waals surface area (Å²) in [4.78, 5) is 11.7. The van der Waals surface area contributed by atoms with Crippen molar-refractivity contribution in [2.45, 2.75) is 51.0 Å². The maximum absolute atomic E-state index is 11.7. The fourth-order valence-electron chi connectivity index (χ4n) is 3.89. The Balaban J connectivity index is 1.92. The first-order valence-corrected chi connectivity index (χ1v) is 9.01. The standard InChI is InChI=1S/C22H26O4/c1-21(2)17(14-20(25)26-21)12-13-22(3,15-4-8-18(23)9-5-15)16-6-10-19(24)11-7-16/h4-11,17,23-24H,12-14H2,1-3H3/t17-/m1/s1. The summed E-state index contributed by atoms with van der Waals surface area (Å²) < 4.78 is 5.46. The van der Waals surface area contributed by atoms with E-state index in [0.29, 0.717) is 6.42 Å². The first-order valence-electron chi connectivity index (χ1n) is 9.01. The monoisotopic (exact) mass is 354 g/mol. The first-order chi connectivity index (χ1) is 12.2. The molecule has 4 heteroatoms. The molecule has 4 nitrogen and oxygen atoms in total. The highest BCUT2D eigenvalue weighted by Gasteiger charge is 2.42. The second-order valence-electron chi connectivity index (χ2n) is 7.94. The van der Waals surface area contributed by atoms with Crippen molar-refractivity contribution in [3.63, 3.8) is 0 Å². The molecule has 2 N–H and O–H groups in total. The first kappa shape index (κ1) is 18.3. The number of benzene rings is 2. The molecular formula is C22H26O4. The minimum absolute atomic E-state index is 0.129. The molecule has 0 aliphatic carbocycles. The van der Waals surface area contributed by atoms with Crippen LogP contribution in [0.25, 0.3) is 0 Å². The lowest BCUT2D eigenvalue weighted by atomic mass is 9.70. The molecule has 0 bridgehead atoms. The number of esters is 1. The summed E-state index contributed by atoms with van der Waals surface area (Å²) in [5, 5.41) is 19.3. The Morgan fingerprint density at radius 2 is 1.46 bits per heavy atom. The Morgan fingerprint density at radius 3 is 1.85 bits per heavy atom. The zero-order valence-corrected chi connectivity index (χ0v) is 15.5. The van der Waals surface area contributed by atoms with Crippen molar-refractivity contribution >= 4 is 5.97 Å². The van der Waals surface area contributed by atoms with Crippen LogP contribution < -0.4 is 0 Å². The third-order valence-corrected chi connectivity index (χ3v) is 5.77. The van der Waals surface area contributed by atoms with Gasteiger partial charge in [-0.15, -0.1) is 0 Å². The van der Waals surface area contributed by atoms with Crippen LogP contribution in [0.4, 0.5) is 0 Å². The molecule has 26 heavy (non-hydrogen) atoms. The quantitative estimate of drug-likeness (QED) is 0.775. The van der Waals surface area contributed by atoms with Crippen molar-refractivity contribution < 1.29 is 19.7 Å². The number of carbonyl (C=O) groups excluding carboxylic acids is 1. The SMILES string of the molecule is CC(CC[C@@H]1CC(=O)OC1(C)C)(c1ccc(O)cc1)c1ccc(O)cc1. The van der Waals surface area contributed by atoms with E-state index in [4.69, 9.17) is 4.74 Å². The summed E-state index contributed by atoms with van der Waals surface area (Å²) in [6, 6.07) is 14.5. The van der Waals surface area contributed by atoms with E-state index in [1.54, 1.807) is 24.3 Å². The van der Waals surface area contributed by atoms with Crippen molar-refractivity contribution in [1.29, 1.82) is 0 Å². The number of phenolic OH excluding ortho intramolecular Hbond substituents is 2. The smallest absolute Gasteiger partial charge is 0.306 e. The zero-order valence-electron chi connectivity index (χ0n) is 15.5. The molecule has 1 atom stereocenters. The maximum Gasteiger partial charge on any atom is 0.306 e. The summed E-state index contributed by atoms with van der Waals surface area (Å²) >= 11 is 0. The second-order valence-corrected chi connectivity index (χ2v) is 7.94. The Bertz CT molecular complexity index is 729. The number of rotatable bonds is 5. The predicted molar refractivity (Wildman–Crippen MR) is 100 cm³/mol. The van der Waals surface area contributed by atoms with E-state index in [2.05, 4.69) is 6.92 Å². The topological polar surface area (TPSA) is 66.8 Å². The van der Waals surface area contributed by atoms with Crippen molar-refractivity contribution in [2.75, 3.05) is 0 Å². The molecule has 1 heterocycles. The summed E-state index contributed by atoms with van der Waals surface area (Å²) in [5.41, 5.74) is 1.43. The number of phenols is 2. The van der Waals surface area contributed by atoms with Crippen LogP contribution in [-0.2, 0) is 14.9 Å². The summed E-state index contributed by atoms with van der Waals surface area (Å²) in [6.45, 7) is 6.11. The molecule has 1 saturated heterocycles. The highest BCUT2D eigenvalue weighted by atomic mass is 16.6. The van der Waals surface area contributed by atoms with Gasteiger partial charge < -0.3 is 14.9 Å². The molecule has 1 fully saturated rings. The molecule has 138 valence electrons. The number of hydrogen-bond donors (Lipinski definition) is 2. The van der Waals surface area contributed by atoms with Crippen LogP contribution in [0.15, 0.2) is 48.5 Å². The molecular weight excluding hydrogens is 328 g/mol. The van der Waals surface area contributed by atoms with Gasteiger partial charge >= 0.3 is 5.97 Å². The molecule has 0 unspecified atom stereocenters. The lowest BCUT2D eigenvalue weighted by Crippen LogP contribution is -2.30. The predicted octanol–water partition coefficient (Wildman–Crippen LogP) is 4.53. The molecule has 0 saturated carbocycles. The normalized spacial score (nSPS) is 19.3. The number of cyclic esters (lactones) is 1. The van der Waals surface area contributed by atoms with Gasteiger partial charge in [-0.1, -0.05) is 31.2 Å². The van der Waals surface area contributed by atoms with E-state index < -0.39 is 5.60 Å². The van der Waals surface area contributed by atoms with Crippen LogP contribution in [0.5, 0.6) is 11.5 Å². The van der Waals surface area contributed by atoms with Gasteiger partial charge in [-0.2, -0.15) is 0 Å².